The van der Waals surface area contributed by atoms with Crippen molar-refractivity contribution in [3.8, 4) is 22.3 Å². The molecule has 0 spiro atoms. The molecule has 0 radical (unpaired) electrons. The quantitative estimate of drug-likeness (QED) is 0.431. The van der Waals surface area contributed by atoms with E-state index in [2.05, 4.69) is 24.3 Å². The second-order valence-corrected chi connectivity index (χ2v) is 6.25. The van der Waals surface area contributed by atoms with Gasteiger partial charge in [-0.25, -0.2) is 0 Å². The molecule has 4 aliphatic rings. The van der Waals surface area contributed by atoms with Gasteiger partial charge in [-0.15, -0.1) is 0 Å². The summed E-state index contributed by atoms with van der Waals surface area (Å²) in [5.74, 6) is 0.114. The smallest absolute Gasteiger partial charge is 0.193 e. The van der Waals surface area contributed by atoms with E-state index in [-0.39, 0.29) is 5.78 Å². The normalized spacial score (nSPS) is 11.1. The maximum Gasteiger partial charge on any atom is 0.193 e. The van der Waals surface area contributed by atoms with Crippen molar-refractivity contribution in [3.05, 3.63) is 95.1 Å². The zero-order valence-corrected chi connectivity index (χ0v) is 13.8. The Morgan fingerprint density at radius 2 is 1.04 bits per heavy atom. The summed E-state index contributed by atoms with van der Waals surface area (Å²) in [5, 5.41) is 0. The summed E-state index contributed by atoms with van der Waals surface area (Å²) in [5.41, 5.74) is 8.23. The van der Waals surface area contributed by atoms with Gasteiger partial charge in [-0.1, -0.05) is 60.7 Å². The number of hydrogen-bond donors (Lipinski definition) is 0. The van der Waals surface area contributed by atoms with E-state index in [9.17, 15) is 4.79 Å². The molecule has 0 heterocycles. The van der Waals surface area contributed by atoms with Gasteiger partial charge in [0.1, 0.15) is 0 Å². The number of fused-ring (bicyclic) bond motifs is 2. The van der Waals surface area contributed by atoms with Gasteiger partial charge in [0.05, 0.1) is 0 Å². The van der Waals surface area contributed by atoms with Gasteiger partial charge in [0.2, 0.25) is 0 Å². The monoisotopic (exact) mass is 310 g/mol. The van der Waals surface area contributed by atoms with E-state index in [0.717, 1.165) is 44.5 Å². The Morgan fingerprint density at radius 1 is 0.625 bits per heavy atom. The molecule has 4 rings (SSSR count). The molecule has 4 aliphatic carbocycles. The molecule has 0 saturated heterocycles. The third-order valence-corrected chi connectivity index (χ3v) is 4.85. The van der Waals surface area contributed by atoms with Gasteiger partial charge in [0.15, 0.2) is 5.78 Å². The first kappa shape index (κ1) is 14.6. The molecule has 0 saturated carbocycles. The topological polar surface area (TPSA) is 17.1 Å². The van der Waals surface area contributed by atoms with Gasteiger partial charge in [-0.05, 0) is 59.4 Å². The molecule has 0 fully saturated rings. The molecule has 1 nitrogen and oxygen atoms in total. The molecule has 0 N–H and O–H groups in total. The molecule has 0 amide bonds. The number of rotatable bonds is 2. The van der Waals surface area contributed by atoms with Crippen LogP contribution in [0.4, 0.5) is 0 Å². The molecule has 0 bridgehead atoms. The molecule has 0 unspecified atom stereocenters. The highest BCUT2D eigenvalue weighted by atomic mass is 16.1. The second-order valence-electron chi connectivity index (χ2n) is 6.25. The van der Waals surface area contributed by atoms with Crippen LogP contribution >= 0.6 is 0 Å². The van der Waals surface area contributed by atoms with Crippen LogP contribution in [-0.2, 0) is 0 Å². The predicted octanol–water partition coefficient (Wildman–Crippen LogP) is 5.74. The molecule has 1 heteroatoms. The molecule has 0 aromatic rings. The lowest BCUT2D eigenvalue weighted by Crippen LogP contribution is -2.01. The molecule has 0 aromatic heterocycles. The molecule has 0 aliphatic heterocycles. The average Bonchev–Trinajstić information content (AvgIpc) is 2.86. The van der Waals surface area contributed by atoms with Crippen molar-refractivity contribution in [3.63, 3.8) is 0 Å². The van der Waals surface area contributed by atoms with Crippen LogP contribution in [0.3, 0.4) is 0 Å². The molecule has 116 valence electrons. The molecule has 24 heavy (non-hydrogen) atoms. The minimum atomic E-state index is 0.114. The van der Waals surface area contributed by atoms with Crippen LogP contribution in [0.2, 0.25) is 0 Å². The van der Waals surface area contributed by atoms with Crippen molar-refractivity contribution in [1.29, 1.82) is 0 Å². The summed E-state index contributed by atoms with van der Waals surface area (Å²) >= 11 is 0. The summed E-state index contributed by atoms with van der Waals surface area (Å²) in [4.78, 5) is 13.2. The maximum absolute atomic E-state index is 13.2. The largest absolute Gasteiger partial charge is 0.289 e. The van der Waals surface area contributed by atoms with Crippen molar-refractivity contribution in [2.24, 2.45) is 0 Å². The van der Waals surface area contributed by atoms with Gasteiger partial charge < -0.3 is 0 Å². The van der Waals surface area contributed by atoms with Crippen LogP contribution < -0.4 is 0 Å². The minimum Gasteiger partial charge on any atom is -0.289 e. The highest BCUT2D eigenvalue weighted by Crippen LogP contribution is 2.35. The van der Waals surface area contributed by atoms with E-state index >= 15 is 0 Å². The highest BCUT2D eigenvalue weighted by Gasteiger charge is 2.22. The van der Waals surface area contributed by atoms with E-state index in [4.69, 9.17) is 0 Å². The van der Waals surface area contributed by atoms with Crippen LogP contribution in [0.15, 0.2) is 72.8 Å². The van der Waals surface area contributed by atoms with E-state index in [1.807, 2.05) is 62.4 Å². The lowest BCUT2D eigenvalue weighted by molar-refractivity contribution is 0.103. The summed E-state index contributed by atoms with van der Waals surface area (Å²) < 4.78 is 0. The Balaban J connectivity index is 1.90. The Bertz CT molecular complexity index is 916. The van der Waals surface area contributed by atoms with E-state index in [0.29, 0.717) is 0 Å². The number of hydrogen-bond acceptors (Lipinski definition) is 1. The fraction of sp³-hybridized carbons (Fsp3) is 0.0870. The van der Waals surface area contributed by atoms with Crippen molar-refractivity contribution in [1.82, 2.24) is 0 Å². The van der Waals surface area contributed by atoms with Crippen molar-refractivity contribution in [2.45, 2.75) is 13.8 Å². The zero-order valence-electron chi connectivity index (χ0n) is 13.8. The standard InChI is InChI=1S/C23H18O/c1-15-19-11-7-3-5-9-17(19)13-21(15)23(24)22-14-18-10-6-4-8-12-20(18)16(22)2/h3-14H,1-2H3. The van der Waals surface area contributed by atoms with Crippen LogP contribution in [0.1, 0.15) is 27.0 Å². The molecule has 0 aromatic carbocycles. The van der Waals surface area contributed by atoms with Gasteiger partial charge in [-0.2, -0.15) is 0 Å². The second kappa shape index (κ2) is 5.61. The summed E-state index contributed by atoms with van der Waals surface area (Å²) in [6, 6.07) is 24.4. The van der Waals surface area contributed by atoms with Crippen molar-refractivity contribution >= 4 is 5.78 Å². The first-order valence-corrected chi connectivity index (χ1v) is 8.18. The summed E-state index contributed by atoms with van der Waals surface area (Å²) in [7, 11) is 0. The predicted molar refractivity (Wildman–Crippen MR) is 99.0 cm³/mol. The maximum atomic E-state index is 13.2. The number of carbonyl (C=O) groups excluding carboxylic acids is 1. The fourth-order valence-electron chi connectivity index (χ4n) is 3.49. The lowest BCUT2D eigenvalue weighted by Gasteiger charge is -2.01. The minimum absolute atomic E-state index is 0.114. The van der Waals surface area contributed by atoms with Crippen LogP contribution in [0.5, 0.6) is 0 Å². The number of carbonyl (C=O) groups is 1. The van der Waals surface area contributed by atoms with E-state index < -0.39 is 0 Å². The fourth-order valence-corrected chi connectivity index (χ4v) is 3.49. The highest BCUT2D eigenvalue weighted by molar-refractivity contribution is 6.14. The Hall–Kier alpha value is -2.93. The van der Waals surface area contributed by atoms with Crippen molar-refractivity contribution in [2.75, 3.05) is 0 Å². The van der Waals surface area contributed by atoms with Gasteiger partial charge in [-0.3, -0.25) is 4.79 Å². The Labute approximate surface area is 142 Å². The molecule has 0 atom stereocenters. The SMILES string of the molecule is Cc1c(C(=O)c2cc3cccccc-3c2C)cc2cccccc1-2. The number of ketones is 1. The van der Waals surface area contributed by atoms with Gasteiger partial charge in [0.25, 0.3) is 0 Å². The molecular weight excluding hydrogens is 292 g/mol. The average molecular weight is 310 g/mol. The van der Waals surface area contributed by atoms with Gasteiger partial charge in [0, 0.05) is 11.1 Å². The summed E-state index contributed by atoms with van der Waals surface area (Å²) in [6.45, 7) is 4.07. The third-order valence-electron chi connectivity index (χ3n) is 4.85. The Kier molecular flexibility index (Phi) is 3.42. The van der Waals surface area contributed by atoms with E-state index in [1.165, 1.54) is 0 Å². The van der Waals surface area contributed by atoms with Crippen LogP contribution in [0.25, 0.3) is 22.3 Å². The van der Waals surface area contributed by atoms with Crippen LogP contribution in [0, 0.1) is 13.8 Å². The van der Waals surface area contributed by atoms with Gasteiger partial charge >= 0.3 is 0 Å². The first-order valence-electron chi connectivity index (χ1n) is 8.18. The summed E-state index contributed by atoms with van der Waals surface area (Å²) in [6.07, 6.45) is 0. The zero-order chi connectivity index (χ0) is 16.7. The van der Waals surface area contributed by atoms with Crippen LogP contribution in [-0.4, -0.2) is 5.78 Å². The molecular formula is C23H18O. The Morgan fingerprint density at radius 3 is 1.50 bits per heavy atom. The third kappa shape index (κ3) is 2.21. The van der Waals surface area contributed by atoms with Crippen molar-refractivity contribution < 1.29 is 4.79 Å². The van der Waals surface area contributed by atoms with E-state index in [1.54, 1.807) is 0 Å². The first-order chi connectivity index (χ1) is 11.7. The lowest BCUT2D eigenvalue weighted by atomic mass is 10.0.